The zero-order chi connectivity index (χ0) is 10.0. The lowest BCUT2D eigenvalue weighted by atomic mass is 10.2. The summed E-state index contributed by atoms with van der Waals surface area (Å²) in [6.07, 6.45) is 2.55. The van der Waals surface area contributed by atoms with Gasteiger partial charge in [-0.3, -0.25) is 5.41 Å². The first-order chi connectivity index (χ1) is 6.07. The first-order valence-electron chi connectivity index (χ1n) is 3.79. The number of hydrogen-bond acceptors (Lipinski definition) is 2. The second-order valence-corrected chi connectivity index (χ2v) is 4.66. The summed E-state index contributed by atoms with van der Waals surface area (Å²) in [4.78, 5) is 4.16. The fraction of sp³-hybridized carbons (Fsp3) is 0.429. The average molecular weight is 404 g/mol. The summed E-state index contributed by atoms with van der Waals surface area (Å²) in [5, 5.41) is 7.42. The van der Waals surface area contributed by atoms with E-state index in [4.69, 9.17) is 11.1 Å². The van der Waals surface area contributed by atoms with Gasteiger partial charge in [-0.05, 0) is 51.6 Å². The first kappa shape index (κ1) is 11.2. The van der Waals surface area contributed by atoms with Crippen molar-refractivity contribution in [3.05, 3.63) is 13.7 Å². The number of halogens is 2. The number of imidazole rings is 1. The predicted octanol–water partition coefficient (Wildman–Crippen LogP) is 1.98. The summed E-state index contributed by atoms with van der Waals surface area (Å²) in [6.45, 7) is 2.01. The number of nitrogens with one attached hydrogen (secondary N) is 1. The molecule has 6 heteroatoms. The van der Waals surface area contributed by atoms with Gasteiger partial charge >= 0.3 is 0 Å². The van der Waals surface area contributed by atoms with Gasteiger partial charge in [0.1, 0.15) is 13.2 Å². The molecule has 1 rings (SSSR count). The molecule has 0 aromatic carbocycles. The van der Waals surface area contributed by atoms with Crippen molar-refractivity contribution in [1.29, 1.82) is 5.41 Å². The maximum Gasteiger partial charge on any atom is 0.133 e. The molecule has 3 N–H and O–H groups in total. The summed E-state index contributed by atoms with van der Waals surface area (Å²) in [7, 11) is 0. The van der Waals surface area contributed by atoms with Crippen LogP contribution in [0.25, 0.3) is 0 Å². The van der Waals surface area contributed by atoms with E-state index in [1.807, 2.05) is 11.5 Å². The molecule has 0 aliphatic rings. The number of rotatable bonds is 3. The normalized spacial score (nSPS) is 12.8. The highest BCUT2D eigenvalue weighted by Crippen LogP contribution is 2.19. The van der Waals surface area contributed by atoms with Crippen LogP contribution < -0.4 is 5.73 Å². The van der Waals surface area contributed by atoms with E-state index < -0.39 is 0 Å². The van der Waals surface area contributed by atoms with Crippen LogP contribution >= 0.6 is 45.2 Å². The van der Waals surface area contributed by atoms with Gasteiger partial charge in [0, 0.05) is 0 Å². The Bertz CT molecular complexity index is 320. The molecule has 0 aliphatic heterocycles. The van der Waals surface area contributed by atoms with Crippen molar-refractivity contribution in [2.24, 2.45) is 5.73 Å². The van der Waals surface area contributed by atoms with Crippen LogP contribution in [0, 0.1) is 12.8 Å². The van der Waals surface area contributed by atoms with Crippen molar-refractivity contribution in [1.82, 2.24) is 9.55 Å². The third-order valence-corrected chi connectivity index (χ3v) is 4.66. The predicted molar refractivity (Wildman–Crippen MR) is 68.9 cm³/mol. The zero-order valence-corrected chi connectivity index (χ0v) is 11.4. The van der Waals surface area contributed by atoms with Crippen LogP contribution in [-0.4, -0.2) is 15.4 Å². The molecule has 0 spiro atoms. The largest absolute Gasteiger partial charge is 0.386 e. The zero-order valence-electron chi connectivity index (χ0n) is 7.09. The van der Waals surface area contributed by atoms with Crippen LogP contribution in [0.15, 0.2) is 6.33 Å². The monoisotopic (exact) mass is 404 g/mol. The fourth-order valence-electron chi connectivity index (χ4n) is 1.11. The minimum absolute atomic E-state index is 0.0529. The quantitative estimate of drug-likeness (QED) is 0.460. The van der Waals surface area contributed by atoms with Gasteiger partial charge in [0.15, 0.2) is 0 Å². The van der Waals surface area contributed by atoms with E-state index >= 15 is 0 Å². The summed E-state index contributed by atoms with van der Waals surface area (Å²) in [6, 6.07) is -0.0529. The molecule has 0 fully saturated rings. The SMILES string of the molecule is CCC(C(=N)N)n1cnc(I)c1I. The molecule has 13 heavy (non-hydrogen) atoms. The number of aromatic nitrogens is 2. The highest BCUT2D eigenvalue weighted by molar-refractivity contribution is 14.1. The maximum absolute atomic E-state index is 7.42. The van der Waals surface area contributed by atoms with E-state index in [0.29, 0.717) is 0 Å². The Kier molecular flexibility index (Phi) is 3.95. The molecule has 0 saturated heterocycles. The molecular weight excluding hydrogens is 394 g/mol. The van der Waals surface area contributed by atoms with Gasteiger partial charge in [-0.1, -0.05) is 6.92 Å². The van der Waals surface area contributed by atoms with Gasteiger partial charge in [0.2, 0.25) is 0 Å². The van der Waals surface area contributed by atoms with E-state index in [9.17, 15) is 0 Å². The molecular formula is C7H10I2N4. The lowest BCUT2D eigenvalue weighted by Gasteiger charge is -2.15. The molecule has 0 amide bonds. The van der Waals surface area contributed by atoms with E-state index in [0.717, 1.165) is 13.8 Å². The number of nitrogens with two attached hydrogens (primary N) is 1. The smallest absolute Gasteiger partial charge is 0.133 e. The van der Waals surface area contributed by atoms with Crippen molar-refractivity contribution in [3.8, 4) is 0 Å². The number of nitrogens with zero attached hydrogens (tertiary/aromatic N) is 2. The van der Waals surface area contributed by atoms with Crippen LogP contribution in [0.3, 0.4) is 0 Å². The second kappa shape index (κ2) is 4.58. The van der Waals surface area contributed by atoms with Gasteiger partial charge in [-0.15, -0.1) is 0 Å². The van der Waals surface area contributed by atoms with Crippen molar-refractivity contribution in [2.75, 3.05) is 0 Å². The molecule has 1 aromatic heterocycles. The van der Waals surface area contributed by atoms with E-state index in [-0.39, 0.29) is 11.9 Å². The molecule has 1 unspecified atom stereocenters. The lowest BCUT2D eigenvalue weighted by molar-refractivity contribution is 0.598. The Hall–Kier alpha value is 0.140. The van der Waals surface area contributed by atoms with Crippen LogP contribution in [0.2, 0.25) is 0 Å². The van der Waals surface area contributed by atoms with Crippen molar-refractivity contribution >= 4 is 51.0 Å². The highest BCUT2D eigenvalue weighted by atomic mass is 127. The molecule has 1 aromatic rings. The van der Waals surface area contributed by atoms with Gasteiger partial charge < -0.3 is 10.3 Å². The average Bonchev–Trinajstić information content (AvgIpc) is 2.37. The lowest BCUT2D eigenvalue weighted by Crippen LogP contribution is -2.25. The Labute approximate surface area is 104 Å². The Morgan fingerprint density at radius 2 is 2.38 bits per heavy atom. The number of amidine groups is 1. The van der Waals surface area contributed by atoms with Crippen molar-refractivity contribution in [3.63, 3.8) is 0 Å². The second-order valence-electron chi connectivity index (χ2n) is 2.61. The van der Waals surface area contributed by atoms with E-state index in [1.54, 1.807) is 6.33 Å². The summed E-state index contributed by atoms with van der Waals surface area (Å²) >= 11 is 4.38. The third kappa shape index (κ3) is 2.33. The van der Waals surface area contributed by atoms with Gasteiger partial charge in [-0.25, -0.2) is 4.98 Å². The van der Waals surface area contributed by atoms with E-state index in [1.165, 1.54) is 0 Å². The highest BCUT2D eigenvalue weighted by Gasteiger charge is 2.16. The minimum atomic E-state index is -0.0529. The Morgan fingerprint density at radius 1 is 1.77 bits per heavy atom. The maximum atomic E-state index is 7.42. The summed E-state index contributed by atoms with van der Waals surface area (Å²) in [5.74, 6) is 0.189. The van der Waals surface area contributed by atoms with Crippen LogP contribution in [-0.2, 0) is 0 Å². The van der Waals surface area contributed by atoms with Crippen molar-refractivity contribution in [2.45, 2.75) is 19.4 Å². The molecule has 4 nitrogen and oxygen atoms in total. The van der Waals surface area contributed by atoms with Crippen LogP contribution in [0.1, 0.15) is 19.4 Å². The first-order valence-corrected chi connectivity index (χ1v) is 5.95. The Morgan fingerprint density at radius 3 is 2.69 bits per heavy atom. The molecule has 72 valence electrons. The topological polar surface area (TPSA) is 67.7 Å². The van der Waals surface area contributed by atoms with E-state index in [2.05, 4.69) is 50.2 Å². The molecule has 0 bridgehead atoms. The fourth-order valence-corrected chi connectivity index (χ4v) is 2.11. The van der Waals surface area contributed by atoms with Crippen molar-refractivity contribution < 1.29 is 0 Å². The third-order valence-electron chi connectivity index (χ3n) is 1.77. The molecule has 0 aliphatic carbocycles. The summed E-state index contributed by atoms with van der Waals surface area (Å²) < 4.78 is 3.93. The molecule has 0 saturated carbocycles. The van der Waals surface area contributed by atoms with Gasteiger partial charge in [0.25, 0.3) is 0 Å². The van der Waals surface area contributed by atoms with Gasteiger partial charge in [0.05, 0.1) is 12.4 Å². The minimum Gasteiger partial charge on any atom is -0.386 e. The molecule has 0 radical (unpaired) electrons. The summed E-state index contributed by atoms with van der Waals surface area (Å²) in [5.41, 5.74) is 5.49. The molecule has 1 atom stereocenters. The Balaban J connectivity index is 3.05. The molecule has 1 heterocycles. The van der Waals surface area contributed by atoms with Crippen LogP contribution in [0.5, 0.6) is 0 Å². The standard InChI is InChI=1S/C7H10I2N4/c1-2-4(7(10)11)13-3-12-5(8)6(13)9/h3-4H,2H2,1H3,(H3,10,11). The van der Waals surface area contributed by atoms with Crippen LogP contribution in [0.4, 0.5) is 0 Å². The van der Waals surface area contributed by atoms with Gasteiger partial charge in [-0.2, -0.15) is 0 Å². The number of hydrogen-bond donors (Lipinski definition) is 2.